The minimum Gasteiger partial charge on any atom is -0.309 e. The van der Waals surface area contributed by atoms with Crippen LogP contribution >= 0.6 is 0 Å². The highest BCUT2D eigenvalue weighted by Gasteiger charge is 2.32. The molecule has 0 saturated carbocycles. The first-order valence-electron chi connectivity index (χ1n) is 26.5. The molecule has 0 unspecified atom stereocenters. The monoisotopic (exact) mass is 1070 g/mol. The van der Waals surface area contributed by atoms with E-state index in [-0.39, 0.29) is 0 Å². The number of alkyl halides is 3. The molecule has 13 aromatic rings. The number of aromatic nitrogens is 2. The van der Waals surface area contributed by atoms with Crippen molar-refractivity contribution >= 4 is 49.3 Å². The number of benzene rings is 11. The van der Waals surface area contributed by atoms with Crippen molar-refractivity contribution in [2.45, 2.75) is 13.1 Å². The summed E-state index contributed by atoms with van der Waals surface area (Å²) >= 11 is 0. The lowest BCUT2D eigenvalue weighted by molar-refractivity contribution is -0.137. The van der Waals surface area contributed by atoms with E-state index in [1.54, 1.807) is 49.4 Å². The maximum Gasteiger partial charge on any atom is 0.416 e. The predicted molar refractivity (Wildman–Crippen MR) is 323 cm³/mol. The third-order valence-electron chi connectivity index (χ3n) is 15.6. The number of halogens is 3. The Morgan fingerprint density at radius 1 is 0.386 bits per heavy atom. The number of hydrogen-bond acceptors (Lipinski definition) is 4. The second-order valence-corrected chi connectivity index (χ2v) is 20.4. The third kappa shape index (κ3) is 8.68. The highest BCUT2D eigenvalue weighted by molar-refractivity contribution is 6.14. The van der Waals surface area contributed by atoms with Gasteiger partial charge in [-0.15, -0.1) is 0 Å². The van der Waals surface area contributed by atoms with Crippen LogP contribution in [0.1, 0.15) is 33.4 Å². The molecule has 0 aliphatic heterocycles. The van der Waals surface area contributed by atoms with Crippen LogP contribution in [0, 0.1) is 58.8 Å². The van der Waals surface area contributed by atoms with E-state index in [2.05, 4.69) is 62.5 Å². The lowest BCUT2D eigenvalue weighted by Crippen LogP contribution is -2.06. The van der Waals surface area contributed by atoms with Crippen LogP contribution in [-0.2, 0) is 6.18 Å². The Balaban J connectivity index is 1.12. The van der Waals surface area contributed by atoms with Crippen LogP contribution in [0.25, 0.3) is 127 Å². The molecule has 0 aliphatic rings. The highest BCUT2D eigenvalue weighted by atomic mass is 19.4. The second-order valence-electron chi connectivity index (χ2n) is 20.4. The molecule has 0 bridgehead atoms. The first-order chi connectivity index (χ1) is 40.5. The van der Waals surface area contributed by atoms with Gasteiger partial charge in [0.15, 0.2) is 5.69 Å². The Morgan fingerprint density at radius 2 is 0.843 bits per heavy atom. The van der Waals surface area contributed by atoms with Gasteiger partial charge < -0.3 is 9.13 Å². The van der Waals surface area contributed by atoms with Crippen LogP contribution in [0.5, 0.6) is 0 Å². The van der Waals surface area contributed by atoms with E-state index in [0.29, 0.717) is 67.1 Å². The van der Waals surface area contributed by atoms with Gasteiger partial charge in [-0.25, -0.2) is 4.85 Å². The molecule has 0 radical (unpaired) electrons. The van der Waals surface area contributed by atoms with Crippen LogP contribution in [0.2, 0.25) is 0 Å². The number of nitriles is 4. The van der Waals surface area contributed by atoms with Crippen molar-refractivity contribution in [2.24, 2.45) is 0 Å². The molecule has 0 aliphatic carbocycles. The van der Waals surface area contributed by atoms with Gasteiger partial charge >= 0.3 is 6.18 Å². The fraction of sp³-hybridized carbons (Fsp3) is 0.0274. The zero-order chi connectivity index (χ0) is 57.1. The Hall–Kier alpha value is -11.7. The van der Waals surface area contributed by atoms with Crippen molar-refractivity contribution in [1.82, 2.24) is 9.13 Å². The number of hydrogen-bond donors (Lipinski definition) is 0. The van der Waals surface area contributed by atoms with Gasteiger partial charge in [0, 0.05) is 32.8 Å². The number of rotatable bonds is 8. The second kappa shape index (κ2) is 20.2. The zero-order valence-corrected chi connectivity index (χ0v) is 44.1. The maximum absolute atomic E-state index is 14.9. The van der Waals surface area contributed by atoms with Gasteiger partial charge in [-0.2, -0.15) is 34.2 Å². The summed E-state index contributed by atoms with van der Waals surface area (Å²) in [4.78, 5) is 3.84. The van der Waals surface area contributed by atoms with E-state index in [1.165, 1.54) is 6.07 Å². The van der Waals surface area contributed by atoms with Crippen molar-refractivity contribution in [2.75, 3.05) is 0 Å². The van der Waals surface area contributed by atoms with Crippen molar-refractivity contribution in [3.05, 3.63) is 269 Å². The first-order valence-corrected chi connectivity index (χ1v) is 26.5. The molecule has 388 valence electrons. The molecule has 11 aromatic carbocycles. The van der Waals surface area contributed by atoms with Gasteiger partial charge in [0.25, 0.3) is 0 Å². The van der Waals surface area contributed by atoms with E-state index < -0.39 is 11.7 Å². The smallest absolute Gasteiger partial charge is 0.309 e. The molecule has 0 N–H and O–H groups in total. The van der Waals surface area contributed by atoms with Crippen molar-refractivity contribution in [3.8, 4) is 102 Å². The SMILES string of the molecule is [C-]#[N+]c1ccccc1-c1ccc2c(c1)c1cc(-c3ccccc3C#N)ccc1n2-c1ccc(-c2cc(C)cc(C(F)(F)F)c2)c(-c2cc(C#N)ccc2-n2c3ccc(-c4ccccc4C#N)cc3c3cc(-c4ccccc4C#N)ccc32)c1. The standard InChI is InChI=1S/C73H40F3N7/c1-44-31-53(34-54(32-44)73(74,75)76)59-25-24-55(82-68-27-20-46(56-14-6-3-11-50(56)41-78)35-63(68)64-38-49(23-28-69(64)82)60-17-9-10-18-67(60)81-2)39-61(59)62-33-45(40-77)19-26-70(62)83-71-29-21-47(57-15-7-4-12-51(57)42-79)36-65(71)66-37-48(22-30-72(66)83)58-16-8-5-13-52(58)43-80/h3-39H,1H3. The number of fused-ring (bicyclic) bond motifs is 6. The molecular weight excluding hydrogens is 1030 g/mol. The molecule has 0 amide bonds. The van der Waals surface area contributed by atoms with Gasteiger partial charge in [-0.1, -0.05) is 115 Å². The average molecular weight is 1070 g/mol. The molecular formula is C73H40F3N7. The largest absolute Gasteiger partial charge is 0.416 e. The fourth-order valence-corrected chi connectivity index (χ4v) is 11.8. The summed E-state index contributed by atoms with van der Waals surface area (Å²) in [5.41, 5.74) is 14.6. The van der Waals surface area contributed by atoms with E-state index >= 15 is 0 Å². The van der Waals surface area contributed by atoms with Crippen LogP contribution < -0.4 is 0 Å². The van der Waals surface area contributed by atoms with E-state index in [9.17, 15) is 34.2 Å². The lowest BCUT2D eigenvalue weighted by atomic mass is 9.90. The maximum atomic E-state index is 14.9. The summed E-state index contributed by atoms with van der Waals surface area (Å²) in [6.45, 7) is 9.65. The summed E-state index contributed by atoms with van der Waals surface area (Å²) in [6.07, 6.45) is -4.65. The number of para-hydroxylation sites is 1. The Kier molecular flexibility index (Phi) is 12.3. The fourth-order valence-electron chi connectivity index (χ4n) is 11.8. The molecule has 10 heteroatoms. The molecule has 83 heavy (non-hydrogen) atoms. The molecule has 0 spiro atoms. The first kappa shape index (κ1) is 50.7. The average Bonchev–Trinajstić information content (AvgIpc) is 3.30. The van der Waals surface area contributed by atoms with E-state index in [0.717, 1.165) is 94.2 Å². The predicted octanol–water partition coefficient (Wildman–Crippen LogP) is 19.2. The number of aryl methyl sites for hydroxylation is 1. The van der Waals surface area contributed by atoms with Crippen molar-refractivity contribution in [1.29, 1.82) is 21.0 Å². The molecule has 0 atom stereocenters. The lowest BCUT2D eigenvalue weighted by Gasteiger charge is -2.20. The minimum absolute atomic E-state index is 0.321. The van der Waals surface area contributed by atoms with E-state index in [1.807, 2.05) is 146 Å². The van der Waals surface area contributed by atoms with Gasteiger partial charge in [-0.05, 0) is 183 Å². The van der Waals surface area contributed by atoms with Gasteiger partial charge in [0.1, 0.15) is 0 Å². The van der Waals surface area contributed by atoms with Crippen molar-refractivity contribution in [3.63, 3.8) is 0 Å². The Labute approximate surface area is 475 Å². The van der Waals surface area contributed by atoms with Gasteiger partial charge in [-0.3, -0.25) is 0 Å². The topological polar surface area (TPSA) is 109 Å². The number of nitrogens with zero attached hydrogens (tertiary/aromatic N) is 7. The van der Waals surface area contributed by atoms with Crippen LogP contribution in [0.15, 0.2) is 224 Å². The van der Waals surface area contributed by atoms with Crippen LogP contribution in [0.4, 0.5) is 18.9 Å². The third-order valence-corrected chi connectivity index (χ3v) is 15.6. The summed E-state index contributed by atoms with van der Waals surface area (Å²) < 4.78 is 48.9. The van der Waals surface area contributed by atoms with Gasteiger partial charge in [0.2, 0.25) is 0 Å². The molecule has 7 nitrogen and oxygen atoms in total. The molecule has 0 saturated heterocycles. The van der Waals surface area contributed by atoms with Crippen molar-refractivity contribution < 1.29 is 13.2 Å². The minimum atomic E-state index is -4.65. The van der Waals surface area contributed by atoms with Gasteiger partial charge in [0.05, 0.1) is 86.4 Å². The summed E-state index contributed by atoms with van der Waals surface area (Å²) in [6, 6.07) is 78.4. The molecule has 2 aromatic heterocycles. The normalized spacial score (nSPS) is 11.3. The molecule has 13 rings (SSSR count). The summed E-state index contributed by atoms with van der Waals surface area (Å²) in [5, 5.41) is 44.8. The zero-order valence-electron chi connectivity index (χ0n) is 44.1. The Morgan fingerprint density at radius 3 is 1.31 bits per heavy atom. The van der Waals surface area contributed by atoms with Crippen LogP contribution in [0.3, 0.4) is 0 Å². The molecule has 2 heterocycles. The quantitative estimate of drug-likeness (QED) is 0.141. The van der Waals surface area contributed by atoms with Crippen LogP contribution in [-0.4, -0.2) is 9.13 Å². The molecule has 0 fully saturated rings. The summed E-state index contributed by atoms with van der Waals surface area (Å²) in [7, 11) is 0. The van der Waals surface area contributed by atoms with E-state index in [4.69, 9.17) is 6.57 Å². The highest BCUT2D eigenvalue weighted by Crippen LogP contribution is 2.46. The Bertz CT molecular complexity index is 4890. The summed E-state index contributed by atoms with van der Waals surface area (Å²) in [5.74, 6) is 0.